The average molecular weight is 343 g/mol. The number of nitro benzene ring substituents is 1. The molecule has 0 aromatic heterocycles. The lowest BCUT2D eigenvalue weighted by Crippen LogP contribution is -2.13. The molecule has 0 unspecified atom stereocenters. The van der Waals surface area contributed by atoms with Crippen LogP contribution >= 0.6 is 0 Å². The molecule has 0 bridgehead atoms. The number of rotatable bonds is 4. The van der Waals surface area contributed by atoms with Crippen LogP contribution in [0.5, 0.6) is 0 Å². The number of carbonyl (C=O) groups excluding carboxylic acids is 1. The number of benzene rings is 3. The zero-order valence-electron chi connectivity index (χ0n) is 13.5. The third kappa shape index (κ3) is 3.57. The Kier molecular flexibility index (Phi) is 4.72. The Morgan fingerprint density at radius 1 is 1.08 bits per heavy atom. The third-order valence-corrected chi connectivity index (χ3v) is 3.80. The molecule has 126 valence electrons. The minimum atomic E-state index is -0.624. The maximum Gasteiger partial charge on any atom is 0.271 e. The molecule has 0 fully saturated rings. The summed E-state index contributed by atoms with van der Waals surface area (Å²) in [5.74, 6) is -0.624. The van der Waals surface area contributed by atoms with E-state index in [9.17, 15) is 20.2 Å². The number of amides is 1. The van der Waals surface area contributed by atoms with Gasteiger partial charge in [-0.25, -0.2) is 0 Å². The second-order valence-corrected chi connectivity index (χ2v) is 5.50. The van der Waals surface area contributed by atoms with Gasteiger partial charge in [0.05, 0.1) is 4.92 Å². The number of hydrogen-bond donors (Lipinski definition) is 1. The van der Waals surface area contributed by atoms with Crippen molar-refractivity contribution in [2.75, 3.05) is 5.32 Å². The maximum atomic E-state index is 12.4. The van der Waals surface area contributed by atoms with Gasteiger partial charge in [-0.1, -0.05) is 48.5 Å². The van der Waals surface area contributed by atoms with Gasteiger partial charge in [-0.3, -0.25) is 14.9 Å². The Labute approximate surface area is 149 Å². The van der Waals surface area contributed by atoms with Gasteiger partial charge in [-0.15, -0.1) is 0 Å². The molecule has 0 heterocycles. The van der Waals surface area contributed by atoms with Crippen LogP contribution in [0.1, 0.15) is 5.56 Å². The smallest absolute Gasteiger partial charge is 0.271 e. The third-order valence-electron chi connectivity index (χ3n) is 3.80. The fraction of sp³-hybridized carbons (Fsp3) is 0. The first-order valence-corrected chi connectivity index (χ1v) is 7.74. The van der Waals surface area contributed by atoms with Gasteiger partial charge in [0, 0.05) is 17.8 Å². The lowest BCUT2D eigenvalue weighted by molar-refractivity contribution is -0.384. The Morgan fingerprint density at radius 3 is 2.58 bits per heavy atom. The van der Waals surface area contributed by atoms with Crippen molar-refractivity contribution in [1.29, 1.82) is 5.26 Å². The number of non-ortho nitro benzene ring substituents is 1. The first kappa shape index (κ1) is 16.9. The van der Waals surface area contributed by atoms with Crippen LogP contribution in [0.2, 0.25) is 0 Å². The number of hydrogen-bond acceptors (Lipinski definition) is 4. The monoisotopic (exact) mass is 343 g/mol. The number of carbonyl (C=O) groups is 1. The van der Waals surface area contributed by atoms with Gasteiger partial charge < -0.3 is 5.32 Å². The summed E-state index contributed by atoms with van der Waals surface area (Å²) in [6.45, 7) is 0. The number of nitriles is 1. The molecule has 3 rings (SSSR count). The van der Waals surface area contributed by atoms with Crippen molar-refractivity contribution in [3.63, 3.8) is 0 Å². The zero-order chi connectivity index (χ0) is 18.5. The highest BCUT2D eigenvalue weighted by Crippen LogP contribution is 2.22. The van der Waals surface area contributed by atoms with E-state index >= 15 is 0 Å². The zero-order valence-corrected chi connectivity index (χ0v) is 13.5. The van der Waals surface area contributed by atoms with Crippen LogP contribution < -0.4 is 5.32 Å². The highest BCUT2D eigenvalue weighted by molar-refractivity contribution is 6.10. The summed E-state index contributed by atoms with van der Waals surface area (Å²) in [6, 6.07) is 20.7. The van der Waals surface area contributed by atoms with Crippen LogP contribution in [0.4, 0.5) is 11.4 Å². The molecule has 1 N–H and O–H groups in total. The van der Waals surface area contributed by atoms with Crippen molar-refractivity contribution in [3.8, 4) is 6.07 Å². The van der Waals surface area contributed by atoms with Crippen LogP contribution in [0.25, 0.3) is 16.8 Å². The topological polar surface area (TPSA) is 96.0 Å². The van der Waals surface area contributed by atoms with E-state index in [0.29, 0.717) is 0 Å². The van der Waals surface area contributed by atoms with E-state index in [1.807, 2.05) is 48.5 Å². The Balaban J connectivity index is 1.92. The van der Waals surface area contributed by atoms with Crippen molar-refractivity contribution in [2.24, 2.45) is 0 Å². The van der Waals surface area contributed by atoms with E-state index < -0.39 is 10.8 Å². The van der Waals surface area contributed by atoms with E-state index in [4.69, 9.17) is 0 Å². The van der Waals surface area contributed by atoms with Crippen LogP contribution in [0, 0.1) is 21.4 Å². The van der Waals surface area contributed by atoms with Crippen LogP contribution in [-0.2, 0) is 4.79 Å². The predicted molar refractivity (Wildman–Crippen MR) is 99.3 cm³/mol. The molecule has 6 heteroatoms. The summed E-state index contributed by atoms with van der Waals surface area (Å²) < 4.78 is 0. The number of nitrogens with one attached hydrogen (secondary N) is 1. The highest BCUT2D eigenvalue weighted by Gasteiger charge is 2.12. The van der Waals surface area contributed by atoms with Crippen molar-refractivity contribution in [1.82, 2.24) is 0 Å². The molecule has 3 aromatic carbocycles. The van der Waals surface area contributed by atoms with Crippen molar-refractivity contribution >= 4 is 34.1 Å². The molecule has 3 aromatic rings. The SMILES string of the molecule is N#CC(=Cc1cccc2ccccc12)C(=O)Nc1cccc([N+](=O)[O-])c1. The Morgan fingerprint density at radius 2 is 1.81 bits per heavy atom. The fourth-order valence-corrected chi connectivity index (χ4v) is 2.58. The van der Waals surface area contributed by atoms with Crippen molar-refractivity contribution < 1.29 is 9.72 Å². The molecule has 0 saturated carbocycles. The maximum absolute atomic E-state index is 12.4. The summed E-state index contributed by atoms with van der Waals surface area (Å²) in [4.78, 5) is 22.7. The van der Waals surface area contributed by atoms with Crippen LogP contribution in [-0.4, -0.2) is 10.8 Å². The van der Waals surface area contributed by atoms with E-state index in [2.05, 4.69) is 5.32 Å². The van der Waals surface area contributed by atoms with Gasteiger partial charge >= 0.3 is 0 Å². The first-order valence-electron chi connectivity index (χ1n) is 7.74. The molecule has 0 aliphatic rings. The van der Waals surface area contributed by atoms with Gasteiger partial charge in [-0.05, 0) is 28.5 Å². The van der Waals surface area contributed by atoms with Crippen molar-refractivity contribution in [2.45, 2.75) is 0 Å². The van der Waals surface area contributed by atoms with Crippen molar-refractivity contribution in [3.05, 3.63) is 88.0 Å². The minimum absolute atomic E-state index is 0.0899. The lowest BCUT2D eigenvalue weighted by atomic mass is 10.0. The minimum Gasteiger partial charge on any atom is -0.321 e. The molecule has 0 radical (unpaired) electrons. The number of nitro groups is 1. The molecule has 26 heavy (non-hydrogen) atoms. The summed E-state index contributed by atoms with van der Waals surface area (Å²) in [5, 5.41) is 24.6. The number of anilines is 1. The van der Waals surface area contributed by atoms with Gasteiger partial charge in [0.25, 0.3) is 11.6 Å². The summed E-state index contributed by atoms with van der Waals surface area (Å²) in [6.07, 6.45) is 1.51. The molecular formula is C20H13N3O3. The van der Waals surface area contributed by atoms with Gasteiger partial charge in [0.1, 0.15) is 11.6 Å². The molecule has 0 spiro atoms. The highest BCUT2D eigenvalue weighted by atomic mass is 16.6. The summed E-state index contributed by atoms with van der Waals surface area (Å²) >= 11 is 0. The molecular weight excluding hydrogens is 330 g/mol. The number of fused-ring (bicyclic) bond motifs is 1. The van der Waals surface area contributed by atoms with Crippen LogP contribution in [0.3, 0.4) is 0 Å². The summed E-state index contributed by atoms with van der Waals surface area (Å²) in [5.41, 5.74) is 0.768. The predicted octanol–water partition coefficient (Wildman–Crippen LogP) is 4.29. The normalized spacial score (nSPS) is 11.0. The van der Waals surface area contributed by atoms with E-state index in [-0.39, 0.29) is 16.9 Å². The molecule has 0 aliphatic carbocycles. The molecule has 0 atom stereocenters. The molecule has 0 aliphatic heterocycles. The first-order chi connectivity index (χ1) is 12.6. The van der Waals surface area contributed by atoms with Gasteiger partial charge in [0.2, 0.25) is 0 Å². The van der Waals surface area contributed by atoms with Gasteiger partial charge in [-0.2, -0.15) is 5.26 Å². The van der Waals surface area contributed by atoms with E-state index in [0.717, 1.165) is 16.3 Å². The fourth-order valence-electron chi connectivity index (χ4n) is 2.58. The summed E-state index contributed by atoms with van der Waals surface area (Å²) in [7, 11) is 0. The van der Waals surface area contributed by atoms with Crippen LogP contribution in [0.15, 0.2) is 72.3 Å². The van der Waals surface area contributed by atoms with Gasteiger partial charge in [0.15, 0.2) is 0 Å². The second kappa shape index (κ2) is 7.28. The largest absolute Gasteiger partial charge is 0.321 e. The number of nitrogens with zero attached hydrogens (tertiary/aromatic N) is 2. The Bertz CT molecular complexity index is 1080. The van der Waals surface area contributed by atoms with E-state index in [1.165, 1.54) is 30.3 Å². The molecule has 0 saturated heterocycles. The Hall–Kier alpha value is -3.98. The molecule has 6 nitrogen and oxygen atoms in total. The quantitative estimate of drug-likeness (QED) is 0.331. The average Bonchev–Trinajstić information content (AvgIpc) is 2.66. The standard InChI is InChI=1S/C20H13N3O3/c21-13-16(11-15-7-3-6-14-5-1-2-10-19(14)15)20(24)22-17-8-4-9-18(12-17)23(25)26/h1-12H,(H,22,24). The lowest BCUT2D eigenvalue weighted by Gasteiger charge is -2.05. The second-order valence-electron chi connectivity index (χ2n) is 5.50. The van der Waals surface area contributed by atoms with E-state index in [1.54, 1.807) is 0 Å². The molecule has 1 amide bonds.